The van der Waals surface area contributed by atoms with Crippen molar-refractivity contribution in [2.75, 3.05) is 18.9 Å². The van der Waals surface area contributed by atoms with Crippen molar-refractivity contribution in [3.63, 3.8) is 0 Å². The van der Waals surface area contributed by atoms with Gasteiger partial charge in [-0.1, -0.05) is 43.5 Å². The molecule has 1 aromatic carbocycles. The van der Waals surface area contributed by atoms with Gasteiger partial charge in [0.05, 0.1) is 11.4 Å². The third-order valence-electron chi connectivity index (χ3n) is 3.35. The molecule has 1 aromatic rings. The van der Waals surface area contributed by atoms with E-state index in [0.717, 1.165) is 28.1 Å². The van der Waals surface area contributed by atoms with Gasteiger partial charge in [-0.2, -0.15) is 0 Å². The van der Waals surface area contributed by atoms with Crippen LogP contribution in [-0.4, -0.2) is 18.6 Å². The molecule has 4 heteroatoms. The second-order valence-corrected chi connectivity index (χ2v) is 4.62. The van der Waals surface area contributed by atoms with E-state index in [1.807, 2.05) is 24.3 Å². The van der Waals surface area contributed by atoms with E-state index >= 15 is 0 Å². The number of nitrogens with two attached hydrogens (primary N) is 2. The summed E-state index contributed by atoms with van der Waals surface area (Å²) in [4.78, 5) is 0. The van der Waals surface area contributed by atoms with Gasteiger partial charge in [-0.15, -0.1) is 0 Å². The summed E-state index contributed by atoms with van der Waals surface area (Å²) in [6.07, 6.45) is 3.56. The summed E-state index contributed by atoms with van der Waals surface area (Å²) in [5.74, 6) is 5.98. The maximum Gasteiger partial charge on any atom is 0.0826 e. The molecule has 2 rings (SSSR count). The van der Waals surface area contributed by atoms with E-state index in [1.165, 1.54) is 5.01 Å². The summed E-state index contributed by atoms with van der Waals surface area (Å²) in [6.45, 7) is 8.38. The molecule has 0 fully saturated rings. The van der Waals surface area contributed by atoms with Crippen molar-refractivity contribution in [2.45, 2.75) is 0 Å². The zero-order valence-corrected chi connectivity index (χ0v) is 11.7. The number of hydrazine groups is 1. The minimum atomic E-state index is 0.618. The highest BCUT2D eigenvalue weighted by molar-refractivity contribution is 5.80. The average molecular weight is 268 g/mol. The van der Waals surface area contributed by atoms with Gasteiger partial charge < -0.3 is 16.1 Å². The van der Waals surface area contributed by atoms with Crippen LogP contribution in [0.3, 0.4) is 0 Å². The van der Waals surface area contributed by atoms with Gasteiger partial charge in [0.25, 0.3) is 0 Å². The topological polar surface area (TPSA) is 67.3 Å². The molecular formula is C16H20N4. The molecular weight excluding hydrogens is 248 g/mol. The highest BCUT2D eigenvalue weighted by Gasteiger charge is 2.19. The van der Waals surface area contributed by atoms with Gasteiger partial charge in [0, 0.05) is 30.4 Å². The maximum absolute atomic E-state index is 6.35. The van der Waals surface area contributed by atoms with Gasteiger partial charge in [-0.05, 0) is 11.6 Å². The molecule has 5 N–H and O–H groups in total. The summed E-state index contributed by atoms with van der Waals surface area (Å²) in [5, 5.41) is 4.90. The van der Waals surface area contributed by atoms with Crippen molar-refractivity contribution in [2.24, 2.45) is 11.6 Å². The van der Waals surface area contributed by atoms with E-state index in [2.05, 4.69) is 18.5 Å². The fraction of sp³-hybridized carbons (Fsp3) is 0.125. The molecule has 0 radical (unpaired) electrons. The van der Waals surface area contributed by atoms with Crippen LogP contribution >= 0.6 is 0 Å². The van der Waals surface area contributed by atoms with Crippen LogP contribution in [0.4, 0.5) is 5.69 Å². The summed E-state index contributed by atoms with van der Waals surface area (Å²) >= 11 is 0. The molecule has 0 aliphatic carbocycles. The SMILES string of the molecule is C=C/C1=C(C=C)/C(N(C)N)=C(/N)c2ccccc2NC1. The van der Waals surface area contributed by atoms with E-state index in [9.17, 15) is 0 Å². The van der Waals surface area contributed by atoms with Crippen LogP contribution in [0, 0.1) is 0 Å². The number of nitrogens with one attached hydrogen (secondary N) is 1. The van der Waals surface area contributed by atoms with Crippen molar-refractivity contribution < 1.29 is 0 Å². The second kappa shape index (κ2) is 5.67. The first-order valence-corrected chi connectivity index (χ1v) is 6.40. The summed E-state index contributed by atoms with van der Waals surface area (Å²) in [6, 6.07) is 7.89. The fourth-order valence-corrected chi connectivity index (χ4v) is 2.37. The van der Waals surface area contributed by atoms with E-state index < -0.39 is 0 Å². The van der Waals surface area contributed by atoms with Crippen LogP contribution in [-0.2, 0) is 0 Å². The molecule has 1 aliphatic rings. The Kier molecular flexibility index (Phi) is 3.96. The number of anilines is 1. The van der Waals surface area contributed by atoms with Crippen molar-refractivity contribution in [3.05, 3.63) is 72.0 Å². The lowest BCUT2D eigenvalue weighted by Crippen LogP contribution is -2.30. The first-order chi connectivity index (χ1) is 9.60. The molecule has 104 valence electrons. The van der Waals surface area contributed by atoms with Crippen molar-refractivity contribution >= 4 is 11.4 Å². The van der Waals surface area contributed by atoms with Crippen LogP contribution in [0.2, 0.25) is 0 Å². The minimum absolute atomic E-state index is 0.618. The molecule has 0 atom stereocenters. The number of nitrogens with zero attached hydrogens (tertiary/aromatic N) is 1. The molecule has 0 unspecified atom stereocenters. The predicted molar refractivity (Wildman–Crippen MR) is 85.4 cm³/mol. The molecule has 20 heavy (non-hydrogen) atoms. The van der Waals surface area contributed by atoms with Crippen LogP contribution in [0.15, 0.2) is 66.4 Å². The third kappa shape index (κ3) is 2.33. The zero-order valence-electron chi connectivity index (χ0n) is 11.7. The Morgan fingerprint density at radius 2 is 1.95 bits per heavy atom. The monoisotopic (exact) mass is 268 g/mol. The van der Waals surface area contributed by atoms with E-state index in [0.29, 0.717) is 12.2 Å². The molecule has 0 bridgehead atoms. The van der Waals surface area contributed by atoms with E-state index in [4.69, 9.17) is 11.6 Å². The quantitative estimate of drug-likeness (QED) is 0.581. The van der Waals surface area contributed by atoms with Gasteiger partial charge in [0.15, 0.2) is 0 Å². The predicted octanol–water partition coefficient (Wildman–Crippen LogP) is 2.21. The Hall–Kier alpha value is -2.46. The maximum atomic E-state index is 6.35. The van der Waals surface area contributed by atoms with Crippen LogP contribution in [0.1, 0.15) is 5.56 Å². The Morgan fingerprint density at radius 3 is 2.55 bits per heavy atom. The van der Waals surface area contributed by atoms with Crippen molar-refractivity contribution in [3.8, 4) is 0 Å². The first-order valence-electron chi connectivity index (χ1n) is 6.40. The smallest absolute Gasteiger partial charge is 0.0826 e. The first kappa shape index (κ1) is 14.0. The van der Waals surface area contributed by atoms with Crippen LogP contribution in [0.25, 0.3) is 5.70 Å². The molecule has 0 saturated heterocycles. The molecule has 0 amide bonds. The molecule has 4 nitrogen and oxygen atoms in total. The Balaban J connectivity index is 2.78. The van der Waals surface area contributed by atoms with Gasteiger partial charge in [-0.3, -0.25) is 0 Å². The molecule has 1 heterocycles. The largest absolute Gasteiger partial charge is 0.396 e. The van der Waals surface area contributed by atoms with Crippen LogP contribution in [0.5, 0.6) is 0 Å². The fourth-order valence-electron chi connectivity index (χ4n) is 2.37. The third-order valence-corrected chi connectivity index (χ3v) is 3.35. The summed E-state index contributed by atoms with van der Waals surface area (Å²) in [5.41, 5.74) is 11.5. The number of hydrogen-bond acceptors (Lipinski definition) is 4. The van der Waals surface area contributed by atoms with E-state index in [1.54, 1.807) is 19.2 Å². The van der Waals surface area contributed by atoms with Crippen molar-refractivity contribution in [1.29, 1.82) is 0 Å². The Labute approximate surface area is 119 Å². The summed E-state index contributed by atoms with van der Waals surface area (Å²) in [7, 11) is 1.77. The standard InChI is InChI=1S/C16H20N4/c1-4-11-10-19-14-9-7-6-8-13(14)15(17)16(20(3)18)12(11)5-2/h4-9,19H,1-2,10,17-18H2,3H3/b12-11-,16-15-. The molecule has 1 aliphatic heterocycles. The number of fused-ring (bicyclic) bond motifs is 1. The lowest BCUT2D eigenvalue weighted by atomic mass is 9.97. The summed E-state index contributed by atoms with van der Waals surface area (Å²) < 4.78 is 0. The lowest BCUT2D eigenvalue weighted by Gasteiger charge is -2.26. The van der Waals surface area contributed by atoms with Gasteiger partial charge >= 0.3 is 0 Å². The minimum Gasteiger partial charge on any atom is -0.396 e. The molecule has 0 aromatic heterocycles. The van der Waals surface area contributed by atoms with E-state index in [-0.39, 0.29) is 0 Å². The molecule has 0 saturated carbocycles. The second-order valence-electron chi connectivity index (χ2n) is 4.62. The zero-order chi connectivity index (χ0) is 14.7. The average Bonchev–Trinajstić information content (AvgIpc) is 2.44. The lowest BCUT2D eigenvalue weighted by molar-refractivity contribution is 0.451. The highest BCUT2D eigenvalue weighted by Crippen LogP contribution is 2.31. The Morgan fingerprint density at radius 1 is 1.25 bits per heavy atom. The van der Waals surface area contributed by atoms with Gasteiger partial charge in [0.2, 0.25) is 0 Å². The van der Waals surface area contributed by atoms with Gasteiger partial charge in [0.1, 0.15) is 0 Å². The normalized spacial score (nSPS) is 22.1. The van der Waals surface area contributed by atoms with Crippen LogP contribution < -0.4 is 16.9 Å². The molecule has 0 spiro atoms. The number of likely N-dealkylation sites (N-methyl/N-ethyl adjacent to an activating group) is 1. The number of rotatable bonds is 3. The number of hydrogen-bond donors (Lipinski definition) is 3. The Bertz CT molecular complexity index is 609. The van der Waals surface area contributed by atoms with Crippen molar-refractivity contribution in [1.82, 2.24) is 5.01 Å². The number of para-hydroxylation sites is 1. The number of allylic oxidation sites excluding steroid dienone is 1. The highest BCUT2D eigenvalue weighted by atomic mass is 15.4. The number of benzene rings is 1. The van der Waals surface area contributed by atoms with Gasteiger partial charge in [-0.25, -0.2) is 5.84 Å².